The molecule has 0 bridgehead atoms. The lowest BCUT2D eigenvalue weighted by atomic mass is 10.1. The highest BCUT2D eigenvalue weighted by Crippen LogP contribution is 2.36. The second-order valence-electron chi connectivity index (χ2n) is 6.27. The minimum atomic E-state index is -0.0973. The van der Waals surface area contributed by atoms with Gasteiger partial charge in [-0.2, -0.15) is 16.9 Å². The summed E-state index contributed by atoms with van der Waals surface area (Å²) in [5.41, 5.74) is 6.11. The van der Waals surface area contributed by atoms with Gasteiger partial charge in [0, 0.05) is 22.6 Å². The van der Waals surface area contributed by atoms with Crippen LogP contribution in [-0.4, -0.2) is 15.7 Å². The minimum absolute atomic E-state index is 0.0973. The van der Waals surface area contributed by atoms with Gasteiger partial charge in [0.15, 0.2) is 0 Å². The van der Waals surface area contributed by atoms with Gasteiger partial charge in [0.05, 0.1) is 11.4 Å². The van der Waals surface area contributed by atoms with Crippen LogP contribution < -0.4 is 5.32 Å². The molecule has 0 saturated heterocycles. The van der Waals surface area contributed by atoms with E-state index in [4.69, 9.17) is 5.10 Å². The first kappa shape index (κ1) is 16.0. The van der Waals surface area contributed by atoms with Gasteiger partial charge in [-0.05, 0) is 49.2 Å². The normalized spacial score (nSPS) is 12.9. The smallest absolute Gasteiger partial charge is 0.256 e. The van der Waals surface area contributed by atoms with Crippen LogP contribution in [0.4, 0.5) is 5.82 Å². The van der Waals surface area contributed by atoms with Gasteiger partial charge in [0.2, 0.25) is 0 Å². The maximum Gasteiger partial charge on any atom is 0.256 e. The largest absolute Gasteiger partial charge is 0.306 e. The molecule has 5 heteroatoms. The number of benzene rings is 2. The third kappa shape index (κ3) is 2.96. The summed E-state index contributed by atoms with van der Waals surface area (Å²) in [5, 5.41) is 7.82. The second kappa shape index (κ2) is 6.41. The monoisotopic (exact) mass is 349 g/mol. The van der Waals surface area contributed by atoms with E-state index in [1.54, 1.807) is 0 Å². The van der Waals surface area contributed by atoms with Gasteiger partial charge in [0.25, 0.3) is 5.91 Å². The molecule has 126 valence electrons. The van der Waals surface area contributed by atoms with Crippen LogP contribution >= 0.6 is 11.8 Å². The number of fused-ring (bicyclic) bond motifs is 1. The predicted octanol–water partition coefficient (Wildman–Crippen LogP) is 4.49. The highest BCUT2D eigenvalue weighted by molar-refractivity contribution is 7.98. The van der Waals surface area contributed by atoms with Crippen LogP contribution in [0.2, 0.25) is 0 Å². The molecule has 3 aromatic rings. The summed E-state index contributed by atoms with van der Waals surface area (Å²) < 4.78 is 1.85. The lowest BCUT2D eigenvalue weighted by Crippen LogP contribution is -2.16. The summed E-state index contributed by atoms with van der Waals surface area (Å²) in [4.78, 5) is 12.8. The predicted molar refractivity (Wildman–Crippen MR) is 102 cm³/mol. The number of nitrogens with one attached hydrogen (secondary N) is 1. The summed E-state index contributed by atoms with van der Waals surface area (Å²) >= 11 is 1.83. The summed E-state index contributed by atoms with van der Waals surface area (Å²) in [6.45, 7) is 4.07. The molecule has 0 radical (unpaired) electrons. The number of para-hydroxylation sites is 1. The van der Waals surface area contributed by atoms with Crippen LogP contribution in [0.1, 0.15) is 32.7 Å². The maximum atomic E-state index is 12.8. The van der Waals surface area contributed by atoms with Gasteiger partial charge in [-0.25, -0.2) is 4.68 Å². The highest BCUT2D eigenvalue weighted by atomic mass is 32.2. The molecule has 0 saturated carbocycles. The van der Waals surface area contributed by atoms with E-state index < -0.39 is 0 Å². The molecule has 0 atom stereocenters. The van der Waals surface area contributed by atoms with Crippen LogP contribution in [0.15, 0.2) is 48.5 Å². The lowest BCUT2D eigenvalue weighted by Gasteiger charge is -2.12. The Labute approximate surface area is 151 Å². The Morgan fingerprint density at radius 3 is 2.64 bits per heavy atom. The van der Waals surface area contributed by atoms with Crippen LogP contribution in [0.3, 0.4) is 0 Å². The van der Waals surface area contributed by atoms with Crippen molar-refractivity contribution in [3.8, 4) is 5.69 Å². The van der Waals surface area contributed by atoms with Gasteiger partial charge >= 0.3 is 0 Å². The zero-order valence-electron chi connectivity index (χ0n) is 14.2. The molecule has 4 rings (SSSR count). The van der Waals surface area contributed by atoms with Crippen LogP contribution in [0, 0.1) is 13.8 Å². The van der Waals surface area contributed by atoms with Crippen molar-refractivity contribution in [3.05, 3.63) is 76.5 Å². The number of thioether (sulfide) groups is 1. The molecule has 1 amide bonds. The van der Waals surface area contributed by atoms with Crippen molar-refractivity contribution >= 4 is 23.5 Å². The summed E-state index contributed by atoms with van der Waals surface area (Å²) in [6.07, 6.45) is 0. The topological polar surface area (TPSA) is 46.9 Å². The van der Waals surface area contributed by atoms with Crippen molar-refractivity contribution in [1.82, 2.24) is 9.78 Å². The number of aromatic nitrogens is 2. The zero-order valence-corrected chi connectivity index (χ0v) is 15.1. The first-order valence-electron chi connectivity index (χ1n) is 8.26. The lowest BCUT2D eigenvalue weighted by molar-refractivity contribution is 0.102. The van der Waals surface area contributed by atoms with Crippen molar-refractivity contribution in [1.29, 1.82) is 0 Å². The molecule has 0 fully saturated rings. The number of nitrogens with zero attached hydrogens (tertiary/aromatic N) is 2. The molecular weight excluding hydrogens is 330 g/mol. The molecule has 1 aliphatic heterocycles. The summed E-state index contributed by atoms with van der Waals surface area (Å²) in [7, 11) is 0. The van der Waals surface area contributed by atoms with Gasteiger partial charge < -0.3 is 5.32 Å². The van der Waals surface area contributed by atoms with E-state index in [2.05, 4.69) is 5.32 Å². The summed E-state index contributed by atoms with van der Waals surface area (Å²) in [5.74, 6) is 2.46. The van der Waals surface area contributed by atoms with E-state index >= 15 is 0 Å². The van der Waals surface area contributed by atoms with E-state index in [1.165, 1.54) is 5.56 Å². The molecule has 2 heterocycles. The molecule has 0 spiro atoms. The fourth-order valence-corrected chi connectivity index (χ4v) is 3.99. The standard InChI is InChI=1S/C20H19N3OS/c1-13-8-9-15(10-14(13)2)20(24)21-19-17-11-25-12-18(17)22-23(19)16-6-4-3-5-7-16/h3-10H,11-12H2,1-2H3,(H,21,24). The van der Waals surface area contributed by atoms with Crippen molar-refractivity contribution in [2.75, 3.05) is 5.32 Å². The molecule has 0 aliphatic carbocycles. The number of amides is 1. The molecule has 0 unspecified atom stereocenters. The van der Waals surface area contributed by atoms with E-state index in [9.17, 15) is 4.79 Å². The fourth-order valence-electron chi connectivity index (χ4n) is 2.96. The minimum Gasteiger partial charge on any atom is -0.306 e. The Morgan fingerprint density at radius 2 is 1.88 bits per heavy atom. The molecule has 1 aromatic heterocycles. The first-order chi connectivity index (χ1) is 12.1. The first-order valence-corrected chi connectivity index (χ1v) is 9.41. The van der Waals surface area contributed by atoms with Crippen LogP contribution in [0.5, 0.6) is 0 Å². The molecule has 1 N–H and O–H groups in total. The van der Waals surface area contributed by atoms with E-state index in [-0.39, 0.29) is 5.91 Å². The Balaban J connectivity index is 1.72. The number of hydrogen-bond acceptors (Lipinski definition) is 3. The quantitative estimate of drug-likeness (QED) is 0.758. The molecular formula is C20H19N3OS. The zero-order chi connectivity index (χ0) is 17.4. The number of hydrogen-bond donors (Lipinski definition) is 1. The van der Waals surface area contributed by atoms with Crippen molar-refractivity contribution in [3.63, 3.8) is 0 Å². The Kier molecular flexibility index (Phi) is 4.09. The Bertz CT molecular complexity index is 947. The highest BCUT2D eigenvalue weighted by Gasteiger charge is 2.25. The molecule has 4 nitrogen and oxygen atoms in total. The molecule has 2 aromatic carbocycles. The van der Waals surface area contributed by atoms with Gasteiger partial charge in [-0.15, -0.1) is 0 Å². The van der Waals surface area contributed by atoms with Gasteiger partial charge in [-0.1, -0.05) is 24.3 Å². The van der Waals surface area contributed by atoms with Crippen molar-refractivity contribution < 1.29 is 4.79 Å². The van der Waals surface area contributed by atoms with Crippen molar-refractivity contribution in [2.24, 2.45) is 0 Å². The van der Waals surface area contributed by atoms with E-state index in [1.807, 2.05) is 78.8 Å². The third-order valence-electron chi connectivity index (χ3n) is 4.55. The Hall–Kier alpha value is -2.53. The van der Waals surface area contributed by atoms with Crippen LogP contribution in [-0.2, 0) is 11.5 Å². The Morgan fingerprint density at radius 1 is 1.08 bits per heavy atom. The molecule has 1 aliphatic rings. The number of anilines is 1. The van der Waals surface area contributed by atoms with Gasteiger partial charge in [-0.3, -0.25) is 4.79 Å². The van der Waals surface area contributed by atoms with Crippen LogP contribution in [0.25, 0.3) is 5.69 Å². The fraction of sp³-hybridized carbons (Fsp3) is 0.200. The average Bonchev–Trinajstić information content (AvgIpc) is 3.20. The van der Waals surface area contributed by atoms with Gasteiger partial charge in [0.1, 0.15) is 5.82 Å². The number of carbonyl (C=O) groups excluding carboxylic acids is 1. The number of rotatable bonds is 3. The van der Waals surface area contributed by atoms with E-state index in [0.29, 0.717) is 5.56 Å². The van der Waals surface area contributed by atoms with Crippen molar-refractivity contribution in [2.45, 2.75) is 25.4 Å². The second-order valence-corrected chi connectivity index (χ2v) is 7.25. The van der Waals surface area contributed by atoms with E-state index in [0.717, 1.165) is 39.8 Å². The summed E-state index contributed by atoms with van der Waals surface area (Å²) in [6, 6.07) is 15.7. The SMILES string of the molecule is Cc1ccc(C(=O)Nc2c3c(nn2-c2ccccc2)CSC3)cc1C. The third-order valence-corrected chi connectivity index (χ3v) is 5.52. The number of aryl methyl sites for hydroxylation is 2. The average molecular weight is 349 g/mol. The maximum absolute atomic E-state index is 12.8. The molecule has 25 heavy (non-hydrogen) atoms. The number of carbonyl (C=O) groups is 1.